The lowest BCUT2D eigenvalue weighted by Gasteiger charge is -2.38. The number of amides is 1. The quantitative estimate of drug-likeness (QED) is 0.707. The Bertz CT molecular complexity index is 722. The molecule has 1 aliphatic heterocycles. The Morgan fingerprint density at radius 1 is 1.18 bits per heavy atom. The van der Waals surface area contributed by atoms with Crippen molar-refractivity contribution in [1.82, 2.24) is 4.90 Å². The largest absolute Gasteiger partial charge is 0.493 e. The summed E-state index contributed by atoms with van der Waals surface area (Å²) in [6.07, 6.45) is -0.0591. The number of rotatable bonds is 5. The molecule has 0 saturated carbocycles. The molecule has 1 atom stereocenters. The van der Waals surface area contributed by atoms with Crippen LogP contribution in [0.4, 0.5) is 4.79 Å². The first kappa shape index (κ1) is 21.9. The molecule has 0 N–H and O–H groups in total. The molecule has 28 heavy (non-hydrogen) atoms. The lowest BCUT2D eigenvalue weighted by Crippen LogP contribution is -2.44. The number of carbonyl (C=O) groups is 2. The Balaban J connectivity index is 2.44. The average Bonchev–Trinajstić information content (AvgIpc) is 2.58. The highest BCUT2D eigenvalue weighted by atomic mass is 16.6. The van der Waals surface area contributed by atoms with E-state index in [-0.39, 0.29) is 18.5 Å². The van der Waals surface area contributed by atoms with Crippen LogP contribution < -0.4 is 9.47 Å². The Labute approximate surface area is 166 Å². The molecule has 1 aromatic carbocycles. The van der Waals surface area contributed by atoms with E-state index in [0.717, 1.165) is 11.1 Å². The minimum absolute atomic E-state index is 0.0416. The standard InChI is InChI=1S/C21H31NO6/c1-13(2)27-18(23)12-16-14-8-9-17(25-6)19(26-7)15(14)10-11-22(16)20(24)28-21(3,4)5/h8-9,13,16H,10-12H2,1-7H3. The van der Waals surface area contributed by atoms with Crippen LogP contribution in [0.15, 0.2) is 12.1 Å². The fraction of sp³-hybridized carbons (Fsp3) is 0.619. The predicted molar refractivity (Wildman–Crippen MR) is 105 cm³/mol. The number of esters is 1. The molecule has 0 fully saturated rings. The molecule has 0 saturated heterocycles. The lowest BCUT2D eigenvalue weighted by atomic mass is 9.89. The van der Waals surface area contributed by atoms with Gasteiger partial charge in [-0.15, -0.1) is 0 Å². The van der Waals surface area contributed by atoms with Gasteiger partial charge in [-0.1, -0.05) is 6.07 Å². The number of nitrogens with zero attached hydrogens (tertiary/aromatic N) is 1. The van der Waals surface area contributed by atoms with Crippen molar-refractivity contribution in [3.8, 4) is 11.5 Å². The number of ether oxygens (including phenoxy) is 4. The number of carbonyl (C=O) groups excluding carboxylic acids is 2. The molecule has 0 aliphatic carbocycles. The zero-order chi connectivity index (χ0) is 21.1. The molecular weight excluding hydrogens is 362 g/mol. The summed E-state index contributed by atoms with van der Waals surface area (Å²) in [5.41, 5.74) is 1.15. The van der Waals surface area contributed by atoms with Crippen molar-refractivity contribution in [2.45, 2.75) is 65.2 Å². The smallest absolute Gasteiger partial charge is 0.410 e. The van der Waals surface area contributed by atoms with Gasteiger partial charge in [0.15, 0.2) is 11.5 Å². The maximum Gasteiger partial charge on any atom is 0.410 e. The summed E-state index contributed by atoms with van der Waals surface area (Å²) in [6, 6.07) is 3.17. The number of methoxy groups -OCH3 is 2. The van der Waals surface area contributed by atoms with Gasteiger partial charge in [-0.3, -0.25) is 4.79 Å². The molecule has 0 bridgehead atoms. The van der Waals surface area contributed by atoms with Crippen molar-refractivity contribution in [3.05, 3.63) is 23.3 Å². The van der Waals surface area contributed by atoms with E-state index in [9.17, 15) is 9.59 Å². The van der Waals surface area contributed by atoms with Crippen LogP contribution in [-0.4, -0.2) is 49.4 Å². The van der Waals surface area contributed by atoms with E-state index in [1.807, 2.05) is 26.8 Å². The van der Waals surface area contributed by atoms with E-state index in [1.165, 1.54) is 0 Å². The molecule has 156 valence electrons. The number of hydrogen-bond acceptors (Lipinski definition) is 6. The second-order valence-corrected chi connectivity index (χ2v) is 8.05. The van der Waals surface area contributed by atoms with E-state index < -0.39 is 17.7 Å². The van der Waals surface area contributed by atoms with Crippen molar-refractivity contribution >= 4 is 12.1 Å². The molecule has 1 heterocycles. The highest BCUT2D eigenvalue weighted by Gasteiger charge is 2.37. The number of fused-ring (bicyclic) bond motifs is 1. The normalized spacial score (nSPS) is 16.4. The first-order valence-corrected chi connectivity index (χ1v) is 9.50. The van der Waals surface area contributed by atoms with Gasteiger partial charge in [0.1, 0.15) is 5.60 Å². The minimum atomic E-state index is -0.627. The Kier molecular flexibility index (Phi) is 6.80. The van der Waals surface area contributed by atoms with E-state index in [1.54, 1.807) is 39.0 Å². The van der Waals surface area contributed by atoms with Crippen LogP contribution in [0, 0.1) is 0 Å². The fourth-order valence-corrected chi connectivity index (χ4v) is 3.36. The zero-order valence-electron chi connectivity index (χ0n) is 17.8. The summed E-state index contributed by atoms with van der Waals surface area (Å²) < 4.78 is 21.8. The summed E-state index contributed by atoms with van der Waals surface area (Å²) in [6.45, 7) is 9.46. The summed E-state index contributed by atoms with van der Waals surface area (Å²) in [5, 5.41) is 0. The molecular formula is C21H31NO6. The van der Waals surface area contributed by atoms with Crippen LogP contribution in [-0.2, 0) is 20.7 Å². The van der Waals surface area contributed by atoms with E-state index in [2.05, 4.69) is 0 Å². The van der Waals surface area contributed by atoms with Gasteiger partial charge in [0.05, 0.1) is 32.8 Å². The summed E-state index contributed by atoms with van der Waals surface area (Å²) in [5.74, 6) is 0.887. The van der Waals surface area contributed by atoms with Gasteiger partial charge in [-0.05, 0) is 52.7 Å². The van der Waals surface area contributed by atoms with Gasteiger partial charge >= 0.3 is 12.1 Å². The summed E-state index contributed by atoms with van der Waals surface area (Å²) in [7, 11) is 3.16. The average molecular weight is 393 g/mol. The van der Waals surface area contributed by atoms with Gasteiger partial charge in [0, 0.05) is 12.1 Å². The second kappa shape index (κ2) is 8.71. The van der Waals surface area contributed by atoms with Crippen LogP contribution in [0.1, 0.15) is 58.2 Å². The molecule has 0 radical (unpaired) electrons. The molecule has 0 aromatic heterocycles. The third-order valence-electron chi connectivity index (χ3n) is 4.38. The topological polar surface area (TPSA) is 74.3 Å². The monoisotopic (exact) mass is 393 g/mol. The van der Waals surface area contributed by atoms with Crippen LogP contribution in [0.3, 0.4) is 0 Å². The van der Waals surface area contributed by atoms with Crippen molar-refractivity contribution in [1.29, 1.82) is 0 Å². The van der Waals surface area contributed by atoms with Crippen LogP contribution >= 0.6 is 0 Å². The highest BCUT2D eigenvalue weighted by molar-refractivity contribution is 5.75. The third kappa shape index (κ3) is 5.09. The van der Waals surface area contributed by atoms with Crippen molar-refractivity contribution in [2.75, 3.05) is 20.8 Å². The Morgan fingerprint density at radius 2 is 1.86 bits per heavy atom. The van der Waals surface area contributed by atoms with Crippen LogP contribution in [0.5, 0.6) is 11.5 Å². The molecule has 1 aliphatic rings. The first-order chi connectivity index (χ1) is 13.1. The SMILES string of the molecule is COc1ccc2c(c1OC)CCN(C(=O)OC(C)(C)C)C2CC(=O)OC(C)C. The fourth-order valence-electron chi connectivity index (χ4n) is 3.36. The maximum absolute atomic E-state index is 12.8. The maximum atomic E-state index is 12.8. The van der Waals surface area contributed by atoms with Gasteiger partial charge in [-0.2, -0.15) is 0 Å². The lowest BCUT2D eigenvalue weighted by molar-refractivity contribution is -0.148. The zero-order valence-corrected chi connectivity index (χ0v) is 17.8. The molecule has 1 aromatic rings. The molecule has 7 heteroatoms. The Hall–Kier alpha value is -2.44. The number of hydrogen-bond donors (Lipinski definition) is 0. The van der Waals surface area contributed by atoms with Crippen molar-refractivity contribution in [2.24, 2.45) is 0 Å². The predicted octanol–water partition coefficient (Wildman–Crippen LogP) is 3.88. The number of benzene rings is 1. The van der Waals surface area contributed by atoms with E-state index in [4.69, 9.17) is 18.9 Å². The van der Waals surface area contributed by atoms with Crippen molar-refractivity contribution in [3.63, 3.8) is 0 Å². The van der Waals surface area contributed by atoms with Gasteiger partial charge in [-0.25, -0.2) is 4.79 Å². The van der Waals surface area contributed by atoms with E-state index >= 15 is 0 Å². The second-order valence-electron chi connectivity index (χ2n) is 8.05. The van der Waals surface area contributed by atoms with Crippen molar-refractivity contribution < 1.29 is 28.5 Å². The first-order valence-electron chi connectivity index (χ1n) is 9.50. The molecule has 7 nitrogen and oxygen atoms in total. The summed E-state index contributed by atoms with van der Waals surface area (Å²) in [4.78, 5) is 26.8. The minimum Gasteiger partial charge on any atom is -0.493 e. The van der Waals surface area contributed by atoms with E-state index in [0.29, 0.717) is 24.5 Å². The van der Waals surface area contributed by atoms with Gasteiger partial charge in [0.25, 0.3) is 0 Å². The highest BCUT2D eigenvalue weighted by Crippen LogP contribution is 2.42. The molecule has 2 rings (SSSR count). The molecule has 1 unspecified atom stereocenters. The summed E-state index contributed by atoms with van der Waals surface area (Å²) >= 11 is 0. The van der Waals surface area contributed by atoms with Gasteiger partial charge in [0.2, 0.25) is 0 Å². The Morgan fingerprint density at radius 3 is 2.39 bits per heavy atom. The van der Waals surface area contributed by atoms with Gasteiger partial charge < -0.3 is 23.8 Å². The molecule has 1 amide bonds. The third-order valence-corrected chi connectivity index (χ3v) is 4.38. The van der Waals surface area contributed by atoms with Crippen LogP contribution in [0.25, 0.3) is 0 Å². The van der Waals surface area contributed by atoms with Crippen LogP contribution in [0.2, 0.25) is 0 Å². The molecule has 0 spiro atoms.